The first-order chi connectivity index (χ1) is 15.4. The van der Waals surface area contributed by atoms with E-state index >= 15 is 0 Å². The standard InChI is InChI=1S/C24H30N6O2/c1-16-8-9-17(2)19(14-16)30-18(3)15-29-20-21(25-23(29)30)26(4)24(32)28(22(20)31)13-12-27-10-6-5-7-11-27/h8-9,14-15H,5-7,10-13H2,1-4H3. The smallest absolute Gasteiger partial charge is 0.302 e. The van der Waals surface area contributed by atoms with Gasteiger partial charge in [0, 0.05) is 32.0 Å². The van der Waals surface area contributed by atoms with Crippen LogP contribution in [-0.2, 0) is 13.6 Å². The summed E-state index contributed by atoms with van der Waals surface area (Å²) in [5.41, 5.74) is 4.58. The molecule has 0 spiro atoms. The van der Waals surface area contributed by atoms with E-state index in [0.717, 1.165) is 35.6 Å². The molecular weight excluding hydrogens is 404 g/mol. The van der Waals surface area contributed by atoms with Crippen molar-refractivity contribution in [2.45, 2.75) is 46.6 Å². The van der Waals surface area contributed by atoms with Crippen LogP contribution in [0.5, 0.6) is 0 Å². The third-order valence-electron chi connectivity index (χ3n) is 6.72. The summed E-state index contributed by atoms with van der Waals surface area (Å²) in [5, 5.41) is 0. The number of fused-ring (bicyclic) bond motifs is 3. The molecule has 4 aromatic rings. The van der Waals surface area contributed by atoms with Crippen LogP contribution in [0.3, 0.4) is 0 Å². The van der Waals surface area contributed by atoms with E-state index in [1.54, 1.807) is 7.05 Å². The zero-order valence-electron chi connectivity index (χ0n) is 19.3. The largest absolute Gasteiger partial charge is 0.332 e. The van der Waals surface area contributed by atoms with Gasteiger partial charge in [-0.25, -0.2) is 4.79 Å². The molecular formula is C24H30N6O2. The Bertz CT molecular complexity index is 1450. The molecule has 1 aliphatic heterocycles. The lowest BCUT2D eigenvalue weighted by Gasteiger charge is -2.26. The van der Waals surface area contributed by atoms with Crippen molar-refractivity contribution in [1.82, 2.24) is 28.0 Å². The van der Waals surface area contributed by atoms with E-state index in [1.165, 1.54) is 28.4 Å². The monoisotopic (exact) mass is 434 g/mol. The first-order valence-corrected chi connectivity index (χ1v) is 11.4. The number of hydrogen-bond donors (Lipinski definition) is 0. The van der Waals surface area contributed by atoms with Crippen LogP contribution in [0, 0.1) is 20.8 Å². The maximum Gasteiger partial charge on any atom is 0.332 e. The van der Waals surface area contributed by atoms with Crippen molar-refractivity contribution >= 4 is 16.9 Å². The lowest BCUT2D eigenvalue weighted by Crippen LogP contribution is -2.43. The summed E-state index contributed by atoms with van der Waals surface area (Å²) >= 11 is 0. The number of rotatable bonds is 4. The van der Waals surface area contributed by atoms with Gasteiger partial charge >= 0.3 is 5.69 Å². The van der Waals surface area contributed by atoms with E-state index in [2.05, 4.69) is 41.5 Å². The van der Waals surface area contributed by atoms with Crippen LogP contribution < -0.4 is 11.2 Å². The minimum atomic E-state index is -0.310. The Hall–Kier alpha value is -3.13. The molecule has 0 atom stereocenters. The quantitative estimate of drug-likeness (QED) is 0.495. The molecule has 168 valence electrons. The highest BCUT2D eigenvalue weighted by molar-refractivity contribution is 5.76. The summed E-state index contributed by atoms with van der Waals surface area (Å²) in [5.74, 6) is 0.645. The average molecular weight is 435 g/mol. The van der Waals surface area contributed by atoms with Gasteiger partial charge in [-0.2, -0.15) is 4.98 Å². The lowest BCUT2D eigenvalue weighted by atomic mass is 10.1. The molecule has 8 heteroatoms. The minimum Gasteiger partial charge on any atom is -0.302 e. The molecule has 1 aromatic carbocycles. The maximum absolute atomic E-state index is 13.5. The molecule has 5 rings (SSSR count). The van der Waals surface area contributed by atoms with Crippen LogP contribution in [0.25, 0.3) is 22.6 Å². The van der Waals surface area contributed by atoms with Gasteiger partial charge in [-0.1, -0.05) is 18.6 Å². The van der Waals surface area contributed by atoms with E-state index in [-0.39, 0.29) is 11.2 Å². The van der Waals surface area contributed by atoms with Crippen LogP contribution in [0.15, 0.2) is 34.0 Å². The molecule has 1 fully saturated rings. The first-order valence-electron chi connectivity index (χ1n) is 11.4. The van der Waals surface area contributed by atoms with Gasteiger partial charge in [0.05, 0.1) is 5.69 Å². The fourth-order valence-electron chi connectivity index (χ4n) is 4.89. The fourth-order valence-corrected chi connectivity index (χ4v) is 4.89. The molecule has 0 N–H and O–H groups in total. The Kier molecular flexibility index (Phi) is 5.04. The predicted octanol–water partition coefficient (Wildman–Crippen LogP) is 2.55. The Labute approximate surface area is 186 Å². The average Bonchev–Trinajstić information content (AvgIpc) is 3.29. The molecule has 8 nitrogen and oxygen atoms in total. The number of likely N-dealkylation sites (tertiary alicyclic amines) is 1. The summed E-state index contributed by atoms with van der Waals surface area (Å²) in [6.45, 7) is 9.32. The van der Waals surface area contributed by atoms with Gasteiger partial charge in [-0.3, -0.25) is 22.9 Å². The third-order valence-corrected chi connectivity index (χ3v) is 6.72. The second-order valence-corrected chi connectivity index (χ2v) is 9.05. The molecule has 0 saturated carbocycles. The van der Waals surface area contributed by atoms with Crippen molar-refractivity contribution in [3.05, 3.63) is 62.1 Å². The summed E-state index contributed by atoms with van der Waals surface area (Å²) in [7, 11) is 1.70. The van der Waals surface area contributed by atoms with Crippen LogP contribution in [0.1, 0.15) is 36.1 Å². The Morgan fingerprint density at radius 3 is 2.50 bits per heavy atom. The van der Waals surface area contributed by atoms with Gasteiger partial charge in [-0.05, 0) is 63.9 Å². The number of imidazole rings is 2. The molecule has 0 unspecified atom stereocenters. The highest BCUT2D eigenvalue weighted by atomic mass is 16.2. The van der Waals surface area contributed by atoms with Gasteiger partial charge < -0.3 is 4.90 Å². The van der Waals surface area contributed by atoms with E-state index in [1.807, 2.05) is 17.5 Å². The summed E-state index contributed by atoms with van der Waals surface area (Å²) in [6.07, 6.45) is 5.56. The molecule has 1 saturated heterocycles. The number of aryl methyl sites for hydroxylation is 4. The normalized spacial score (nSPS) is 15.2. The number of aromatic nitrogens is 5. The second-order valence-electron chi connectivity index (χ2n) is 9.05. The van der Waals surface area contributed by atoms with E-state index in [4.69, 9.17) is 4.98 Å². The summed E-state index contributed by atoms with van der Waals surface area (Å²) in [6, 6.07) is 6.30. The van der Waals surface area contributed by atoms with E-state index in [0.29, 0.717) is 30.0 Å². The van der Waals surface area contributed by atoms with Gasteiger partial charge in [0.2, 0.25) is 5.78 Å². The molecule has 0 amide bonds. The van der Waals surface area contributed by atoms with Gasteiger partial charge in [0.15, 0.2) is 11.2 Å². The maximum atomic E-state index is 13.5. The topological polar surface area (TPSA) is 69.5 Å². The van der Waals surface area contributed by atoms with E-state index in [9.17, 15) is 9.59 Å². The molecule has 32 heavy (non-hydrogen) atoms. The van der Waals surface area contributed by atoms with Crippen molar-refractivity contribution in [2.24, 2.45) is 7.05 Å². The van der Waals surface area contributed by atoms with E-state index < -0.39 is 0 Å². The Morgan fingerprint density at radius 1 is 1.00 bits per heavy atom. The van der Waals surface area contributed by atoms with Crippen LogP contribution >= 0.6 is 0 Å². The molecule has 3 aromatic heterocycles. The summed E-state index contributed by atoms with van der Waals surface area (Å²) in [4.78, 5) is 33.6. The first kappa shape index (κ1) is 20.8. The SMILES string of the molecule is Cc1ccc(C)c(-n2c(C)cn3c4c(=O)n(CCN5CCCCC5)c(=O)n(C)c4nc23)c1. The Balaban J connectivity index is 1.69. The zero-order valence-corrected chi connectivity index (χ0v) is 19.3. The number of hydrogen-bond acceptors (Lipinski definition) is 4. The predicted molar refractivity (Wildman–Crippen MR) is 126 cm³/mol. The number of benzene rings is 1. The van der Waals surface area contributed by atoms with Gasteiger partial charge in [0.25, 0.3) is 5.56 Å². The lowest BCUT2D eigenvalue weighted by molar-refractivity contribution is 0.218. The summed E-state index contributed by atoms with van der Waals surface area (Å²) < 4.78 is 6.77. The van der Waals surface area contributed by atoms with Crippen LogP contribution in [-0.4, -0.2) is 47.6 Å². The number of nitrogens with zero attached hydrogens (tertiary/aromatic N) is 6. The second kappa shape index (κ2) is 7.78. The van der Waals surface area contributed by atoms with Crippen molar-refractivity contribution in [2.75, 3.05) is 19.6 Å². The highest BCUT2D eigenvalue weighted by Gasteiger charge is 2.22. The fraction of sp³-hybridized carbons (Fsp3) is 0.458. The highest BCUT2D eigenvalue weighted by Crippen LogP contribution is 2.24. The molecule has 0 bridgehead atoms. The van der Waals surface area contributed by atoms with Crippen molar-refractivity contribution in [3.8, 4) is 5.69 Å². The van der Waals surface area contributed by atoms with Crippen molar-refractivity contribution in [1.29, 1.82) is 0 Å². The molecule has 4 heterocycles. The minimum absolute atomic E-state index is 0.272. The molecule has 1 aliphatic rings. The zero-order chi connectivity index (χ0) is 22.6. The molecule has 0 aliphatic carbocycles. The van der Waals surface area contributed by atoms with Gasteiger partial charge in [-0.15, -0.1) is 0 Å². The van der Waals surface area contributed by atoms with Crippen molar-refractivity contribution in [3.63, 3.8) is 0 Å². The van der Waals surface area contributed by atoms with Crippen LogP contribution in [0.2, 0.25) is 0 Å². The third kappa shape index (κ3) is 3.21. The molecule has 0 radical (unpaired) electrons. The Morgan fingerprint density at radius 2 is 1.75 bits per heavy atom. The van der Waals surface area contributed by atoms with Gasteiger partial charge in [0.1, 0.15) is 0 Å². The number of piperidine rings is 1. The van der Waals surface area contributed by atoms with Crippen LogP contribution in [0.4, 0.5) is 0 Å². The van der Waals surface area contributed by atoms with Crippen molar-refractivity contribution < 1.29 is 0 Å².